The molecule has 3 N–H and O–H groups in total. The topological polar surface area (TPSA) is 78.9 Å². The second-order valence-electron chi connectivity index (χ2n) is 17.3. The first-order valence-corrected chi connectivity index (χ1v) is 21.4. The van der Waals surface area contributed by atoms with Gasteiger partial charge in [0.1, 0.15) is 0 Å². The molecule has 6 aromatic rings. The van der Waals surface area contributed by atoms with Gasteiger partial charge in [-0.3, -0.25) is 9.78 Å². The molecule has 4 aromatic carbocycles. The highest BCUT2D eigenvalue weighted by atomic mass is 35.5. The van der Waals surface area contributed by atoms with Crippen LogP contribution in [0, 0.1) is 5.41 Å². The molecule has 6 nitrogen and oxygen atoms in total. The lowest BCUT2D eigenvalue weighted by Crippen LogP contribution is -2.29. The third-order valence-electron chi connectivity index (χ3n) is 13.9. The average molecular weight is 802 g/mol. The van der Waals surface area contributed by atoms with Crippen molar-refractivity contribution in [2.75, 3.05) is 32.7 Å². The molecule has 58 heavy (non-hydrogen) atoms. The van der Waals surface area contributed by atoms with Gasteiger partial charge in [0.05, 0.1) is 16.2 Å². The van der Waals surface area contributed by atoms with Crippen molar-refractivity contribution in [2.24, 2.45) is 5.41 Å². The van der Waals surface area contributed by atoms with Gasteiger partial charge in [-0.2, -0.15) is 13.2 Å². The van der Waals surface area contributed by atoms with Gasteiger partial charge in [-0.05, 0) is 157 Å². The number of halogens is 4. The molecule has 3 aliphatic heterocycles. The predicted molar refractivity (Wildman–Crippen MR) is 226 cm³/mol. The largest absolute Gasteiger partial charge is 0.433 e. The normalized spacial score (nSPS) is 22.3. The summed E-state index contributed by atoms with van der Waals surface area (Å²) in [5.74, 6) is 0.706. The van der Waals surface area contributed by atoms with E-state index >= 15 is 0 Å². The third kappa shape index (κ3) is 6.73. The lowest BCUT2D eigenvalue weighted by molar-refractivity contribution is -0.139. The highest BCUT2D eigenvalue weighted by molar-refractivity contribution is 6.36. The maximum Gasteiger partial charge on any atom is 0.433 e. The van der Waals surface area contributed by atoms with Crippen LogP contribution in [0.4, 0.5) is 13.2 Å². The van der Waals surface area contributed by atoms with Crippen molar-refractivity contribution in [3.63, 3.8) is 0 Å². The Morgan fingerprint density at radius 1 is 0.707 bits per heavy atom. The fraction of sp³-hybridized carbons (Fsp3) is 0.396. The van der Waals surface area contributed by atoms with Crippen LogP contribution in [-0.4, -0.2) is 48.6 Å². The van der Waals surface area contributed by atoms with E-state index in [-0.39, 0.29) is 28.5 Å². The van der Waals surface area contributed by atoms with Crippen LogP contribution in [0.1, 0.15) is 97.9 Å². The number of hydrogen-bond acceptors (Lipinski definition) is 5. The molecule has 1 saturated carbocycles. The van der Waals surface area contributed by atoms with Gasteiger partial charge in [0.15, 0.2) is 5.69 Å². The maximum atomic E-state index is 15.0. The minimum atomic E-state index is -4.64. The van der Waals surface area contributed by atoms with E-state index in [0.717, 1.165) is 117 Å². The smallest absolute Gasteiger partial charge is 0.356 e. The number of piperidine rings is 2. The number of nitrogens with zero attached hydrogens (tertiary/aromatic N) is 2. The van der Waals surface area contributed by atoms with Gasteiger partial charge in [-0.25, -0.2) is 4.98 Å². The molecule has 298 valence electrons. The van der Waals surface area contributed by atoms with Gasteiger partial charge < -0.3 is 16.0 Å². The average Bonchev–Trinajstić information content (AvgIpc) is 3.61. The van der Waals surface area contributed by atoms with Crippen LogP contribution < -0.4 is 16.0 Å². The number of rotatable bonds is 5. The molecular weight excluding hydrogens is 755 g/mol. The van der Waals surface area contributed by atoms with E-state index in [2.05, 4.69) is 63.4 Å². The van der Waals surface area contributed by atoms with Crippen LogP contribution >= 0.6 is 11.6 Å². The summed E-state index contributed by atoms with van der Waals surface area (Å²) >= 11 is 7.31. The van der Waals surface area contributed by atoms with Crippen molar-refractivity contribution >= 4 is 50.0 Å². The number of alkyl halides is 3. The highest BCUT2D eigenvalue weighted by Crippen LogP contribution is 2.50. The molecule has 1 spiro atoms. The van der Waals surface area contributed by atoms with Gasteiger partial charge in [0, 0.05) is 41.1 Å². The Morgan fingerprint density at radius 2 is 1.40 bits per heavy atom. The Bertz CT molecular complexity index is 2570. The molecule has 0 unspecified atom stereocenters. The highest BCUT2D eigenvalue weighted by Gasteiger charge is 2.42. The van der Waals surface area contributed by atoms with E-state index in [1.807, 2.05) is 24.4 Å². The van der Waals surface area contributed by atoms with Gasteiger partial charge in [-0.15, -0.1) is 0 Å². The number of carbonyl (C=O) groups is 1. The zero-order valence-corrected chi connectivity index (χ0v) is 33.2. The van der Waals surface area contributed by atoms with Crippen molar-refractivity contribution < 1.29 is 18.0 Å². The second kappa shape index (κ2) is 14.9. The SMILES string of the molecule is O=C1CC2(CCC(c3cccc4ccc(-c5cnc6c(C7CCNCC7)c(-c7nc(C(F)(F)F)c8ccccc8c7C7CCNCC7)cc(Cl)c6c5)cc34)CC2)CN1. The van der Waals surface area contributed by atoms with Crippen molar-refractivity contribution in [2.45, 2.75) is 81.7 Å². The number of nitrogens with one attached hydrogen (secondary N) is 3. The molecule has 1 amide bonds. The monoisotopic (exact) mass is 801 g/mol. The van der Waals surface area contributed by atoms with Crippen LogP contribution in [-0.2, 0) is 11.0 Å². The Kier molecular flexibility index (Phi) is 9.69. The van der Waals surface area contributed by atoms with E-state index in [9.17, 15) is 18.0 Å². The Morgan fingerprint density at radius 3 is 2.09 bits per heavy atom. The van der Waals surface area contributed by atoms with Crippen LogP contribution in [0.2, 0.25) is 5.02 Å². The van der Waals surface area contributed by atoms with E-state index < -0.39 is 11.9 Å². The molecule has 4 fully saturated rings. The summed E-state index contributed by atoms with van der Waals surface area (Å²) in [6, 6.07) is 24.1. The fourth-order valence-corrected chi connectivity index (χ4v) is 11.1. The first-order chi connectivity index (χ1) is 28.2. The number of hydrogen-bond donors (Lipinski definition) is 3. The molecule has 1 aliphatic carbocycles. The van der Waals surface area contributed by atoms with E-state index in [0.29, 0.717) is 34.0 Å². The molecule has 3 saturated heterocycles. The summed E-state index contributed by atoms with van der Waals surface area (Å²) < 4.78 is 44.9. The molecular formula is C48H47ClF3N5O. The van der Waals surface area contributed by atoms with Crippen LogP contribution in [0.15, 0.2) is 79.0 Å². The molecule has 4 aliphatic rings. The van der Waals surface area contributed by atoms with Gasteiger partial charge in [0.25, 0.3) is 0 Å². The van der Waals surface area contributed by atoms with E-state index in [4.69, 9.17) is 16.6 Å². The number of benzene rings is 4. The Balaban J connectivity index is 1.11. The number of aromatic nitrogens is 2. The summed E-state index contributed by atoms with van der Waals surface area (Å²) in [7, 11) is 0. The van der Waals surface area contributed by atoms with Crippen molar-refractivity contribution in [1.82, 2.24) is 25.9 Å². The summed E-state index contributed by atoms with van der Waals surface area (Å²) in [6.45, 7) is 4.00. The van der Waals surface area contributed by atoms with E-state index in [1.165, 1.54) is 16.3 Å². The molecule has 0 bridgehead atoms. The number of pyridine rings is 2. The molecule has 10 heteroatoms. The van der Waals surface area contributed by atoms with Crippen LogP contribution in [0.5, 0.6) is 0 Å². The zero-order valence-electron chi connectivity index (χ0n) is 32.5. The van der Waals surface area contributed by atoms with Crippen molar-refractivity contribution in [1.29, 1.82) is 0 Å². The minimum absolute atomic E-state index is 0.0399. The molecule has 0 radical (unpaired) electrons. The molecule has 5 heterocycles. The van der Waals surface area contributed by atoms with Crippen molar-refractivity contribution in [3.05, 3.63) is 106 Å². The van der Waals surface area contributed by atoms with E-state index in [1.54, 1.807) is 12.1 Å². The Hall–Kier alpha value is -4.57. The summed E-state index contributed by atoms with van der Waals surface area (Å²) in [6.07, 6.45) is 5.41. The Labute approximate surface area is 341 Å². The zero-order chi connectivity index (χ0) is 39.6. The third-order valence-corrected chi connectivity index (χ3v) is 14.2. The first-order valence-electron chi connectivity index (χ1n) is 21.0. The first kappa shape index (κ1) is 37.7. The minimum Gasteiger partial charge on any atom is -0.356 e. The predicted octanol–water partition coefficient (Wildman–Crippen LogP) is 11.0. The summed E-state index contributed by atoms with van der Waals surface area (Å²) in [4.78, 5) is 21.9. The summed E-state index contributed by atoms with van der Waals surface area (Å²) in [5, 5.41) is 14.4. The maximum absolute atomic E-state index is 15.0. The molecule has 10 rings (SSSR count). The number of carbonyl (C=O) groups excluding carboxylic acids is 1. The second-order valence-corrected chi connectivity index (χ2v) is 17.7. The fourth-order valence-electron chi connectivity index (χ4n) is 10.9. The van der Waals surface area contributed by atoms with Gasteiger partial charge >= 0.3 is 6.18 Å². The lowest BCUT2D eigenvalue weighted by atomic mass is 9.68. The molecule has 0 atom stereocenters. The van der Waals surface area contributed by atoms with Gasteiger partial charge in [-0.1, -0.05) is 66.2 Å². The van der Waals surface area contributed by atoms with Crippen LogP contribution in [0.25, 0.3) is 54.8 Å². The van der Waals surface area contributed by atoms with Crippen LogP contribution in [0.3, 0.4) is 0 Å². The standard InChI is InChI=1S/C48H47ClF3N5O/c49-40-24-39(45-42(30-12-18-53-19-13-30)35-5-1-2-6-36(35)46(57-45)48(50,51)52)43(31-14-20-54-21-15-31)44-38(40)23-33(26-55-44)32-9-8-28-4-3-7-34(37(28)22-32)29-10-16-47(17-11-29)25-41(58)56-27-47/h1-9,22-24,26,29-31,53-54H,10-21,25,27H2,(H,56,58). The quantitative estimate of drug-likeness (QED) is 0.162. The number of amides is 1. The summed E-state index contributed by atoms with van der Waals surface area (Å²) in [5.41, 5.74) is 6.16. The molecule has 2 aromatic heterocycles. The lowest BCUT2D eigenvalue weighted by Gasteiger charge is -2.36. The van der Waals surface area contributed by atoms with Gasteiger partial charge in [0.2, 0.25) is 5.91 Å². The number of fused-ring (bicyclic) bond motifs is 3. The van der Waals surface area contributed by atoms with Crippen molar-refractivity contribution in [3.8, 4) is 22.4 Å².